The van der Waals surface area contributed by atoms with Gasteiger partial charge in [-0.25, -0.2) is 14.5 Å². The average Bonchev–Trinajstić information content (AvgIpc) is 2.82. The first-order valence-corrected chi connectivity index (χ1v) is 17.1. The van der Waals surface area contributed by atoms with Gasteiger partial charge in [0.2, 0.25) is 5.96 Å². The summed E-state index contributed by atoms with van der Waals surface area (Å²) < 4.78 is 11.5. The molecule has 0 atom stereocenters. The van der Waals surface area contributed by atoms with E-state index in [4.69, 9.17) is 14.5 Å². The maximum Gasteiger partial charge on any atom is 0.417 e. The van der Waals surface area contributed by atoms with Crippen LogP contribution in [0.1, 0.15) is 131 Å². The second-order valence-corrected chi connectivity index (χ2v) is 16.0. The molecule has 5 fully saturated rings. The van der Waals surface area contributed by atoms with E-state index in [1.807, 2.05) is 41.5 Å². The Morgan fingerprint density at radius 2 is 1.36 bits per heavy atom. The third-order valence-electron chi connectivity index (χ3n) is 9.52. The molecule has 4 aliphatic carbocycles. The molecule has 0 spiro atoms. The summed E-state index contributed by atoms with van der Waals surface area (Å²) in [5.74, 6) is 2.70. The Balaban J connectivity index is 1.46. The van der Waals surface area contributed by atoms with E-state index in [2.05, 4.69) is 10.2 Å². The predicted molar refractivity (Wildman–Crippen MR) is 169 cm³/mol. The molecule has 1 saturated heterocycles. The van der Waals surface area contributed by atoms with Gasteiger partial charge in [-0.3, -0.25) is 10.3 Å². The first kappa shape index (κ1) is 33.1. The molecular weight excluding hydrogens is 528 g/mol. The number of amides is 2. The van der Waals surface area contributed by atoms with Crippen molar-refractivity contribution >= 4 is 18.1 Å². The Kier molecular flexibility index (Phi) is 11.3. The first-order valence-electron chi connectivity index (χ1n) is 17.1. The molecule has 2 amide bonds. The maximum absolute atomic E-state index is 13.6. The topological polar surface area (TPSA) is 83.5 Å². The van der Waals surface area contributed by atoms with Gasteiger partial charge in [0.25, 0.3) is 0 Å². The molecule has 0 aromatic heterocycles. The lowest BCUT2D eigenvalue weighted by molar-refractivity contribution is -0.0467. The molecule has 5 aliphatic rings. The van der Waals surface area contributed by atoms with Gasteiger partial charge in [-0.15, -0.1) is 0 Å². The molecule has 4 saturated carbocycles. The van der Waals surface area contributed by atoms with Crippen molar-refractivity contribution < 1.29 is 19.1 Å². The van der Waals surface area contributed by atoms with Gasteiger partial charge in [0, 0.05) is 13.1 Å². The lowest BCUT2D eigenvalue weighted by Gasteiger charge is -2.56. The molecule has 0 radical (unpaired) electrons. The standard InChI is InChI=1S/C34H60N4O4/c1-32(2,3)41-30(39)36-29(35-25-34-22-26-19-27(23-34)21-28(20-26)24-34)38(31(40)42-33(4,5)6)18-14-10-13-17-37-15-11-8-7-9-12-16-37/h26-28H,7-25H2,1-6H3,(H,35,36,39). The number of carbonyl (C=O) groups excluding carboxylic acids is 2. The van der Waals surface area contributed by atoms with Gasteiger partial charge in [-0.1, -0.05) is 25.7 Å². The number of carbonyl (C=O) groups is 2. The number of likely N-dealkylation sites (tertiary alicyclic amines) is 1. The second kappa shape index (κ2) is 14.3. The Bertz CT molecular complexity index is 892. The Morgan fingerprint density at radius 1 is 0.810 bits per heavy atom. The highest BCUT2D eigenvalue weighted by Crippen LogP contribution is 2.60. The van der Waals surface area contributed by atoms with E-state index in [9.17, 15) is 9.59 Å². The highest BCUT2D eigenvalue weighted by Gasteiger charge is 2.50. The van der Waals surface area contributed by atoms with Crippen molar-refractivity contribution in [1.29, 1.82) is 0 Å². The zero-order valence-electron chi connectivity index (χ0n) is 27.6. The molecule has 240 valence electrons. The molecular formula is C34H60N4O4. The summed E-state index contributed by atoms with van der Waals surface area (Å²) in [6.45, 7) is 15.7. The minimum absolute atomic E-state index is 0.182. The number of ether oxygens (including phenoxy) is 2. The minimum atomic E-state index is -0.655. The van der Waals surface area contributed by atoms with Crippen LogP contribution >= 0.6 is 0 Å². The van der Waals surface area contributed by atoms with Crippen molar-refractivity contribution in [2.24, 2.45) is 28.2 Å². The number of nitrogens with zero attached hydrogens (tertiary/aromatic N) is 3. The van der Waals surface area contributed by atoms with E-state index in [1.54, 1.807) is 4.90 Å². The van der Waals surface area contributed by atoms with Gasteiger partial charge in [0.15, 0.2) is 0 Å². The van der Waals surface area contributed by atoms with Crippen LogP contribution in [0, 0.1) is 23.2 Å². The van der Waals surface area contributed by atoms with Crippen molar-refractivity contribution in [3.05, 3.63) is 0 Å². The number of guanidine groups is 1. The third kappa shape index (κ3) is 10.4. The molecule has 5 rings (SSSR count). The lowest BCUT2D eigenvalue weighted by atomic mass is 9.49. The summed E-state index contributed by atoms with van der Waals surface area (Å²) in [6, 6.07) is 0. The second-order valence-electron chi connectivity index (χ2n) is 16.0. The lowest BCUT2D eigenvalue weighted by Crippen LogP contribution is -2.51. The van der Waals surface area contributed by atoms with Crippen molar-refractivity contribution in [2.45, 2.75) is 143 Å². The molecule has 0 aromatic carbocycles. The van der Waals surface area contributed by atoms with E-state index in [0.29, 0.717) is 13.1 Å². The fourth-order valence-corrected chi connectivity index (χ4v) is 8.23. The number of nitrogens with one attached hydrogen (secondary N) is 1. The fraction of sp³-hybridized carbons (Fsp3) is 0.912. The van der Waals surface area contributed by atoms with E-state index in [0.717, 1.165) is 43.6 Å². The fourth-order valence-electron chi connectivity index (χ4n) is 8.23. The molecule has 8 heteroatoms. The number of unbranched alkanes of at least 4 members (excludes halogenated alkanes) is 2. The Labute approximate surface area is 255 Å². The summed E-state index contributed by atoms with van der Waals surface area (Å²) in [7, 11) is 0. The van der Waals surface area contributed by atoms with Crippen LogP contribution in [0.3, 0.4) is 0 Å². The van der Waals surface area contributed by atoms with Crippen LogP contribution in [0.5, 0.6) is 0 Å². The SMILES string of the molecule is CC(C)(C)OC(=O)NC(=NCC12CC3CC(CC(C3)C1)C2)N(CCCCCN1CCCCCCC1)C(=O)OC(C)(C)C. The number of aliphatic imine (C=N–C) groups is 1. The van der Waals surface area contributed by atoms with Gasteiger partial charge in [0.1, 0.15) is 11.2 Å². The Morgan fingerprint density at radius 3 is 1.90 bits per heavy atom. The van der Waals surface area contributed by atoms with Crippen molar-refractivity contribution in [3.63, 3.8) is 0 Å². The van der Waals surface area contributed by atoms with Gasteiger partial charge >= 0.3 is 12.2 Å². The first-order chi connectivity index (χ1) is 19.8. The van der Waals surface area contributed by atoms with E-state index in [1.165, 1.54) is 83.7 Å². The highest BCUT2D eigenvalue weighted by molar-refractivity contribution is 6.01. The molecule has 0 unspecified atom stereocenters. The van der Waals surface area contributed by atoms with Gasteiger partial charge in [0.05, 0.1) is 0 Å². The Hall–Kier alpha value is -1.83. The predicted octanol–water partition coefficient (Wildman–Crippen LogP) is 7.76. The maximum atomic E-state index is 13.6. The molecule has 42 heavy (non-hydrogen) atoms. The highest BCUT2D eigenvalue weighted by atomic mass is 16.6. The monoisotopic (exact) mass is 588 g/mol. The van der Waals surface area contributed by atoms with Crippen molar-refractivity contribution in [2.75, 3.05) is 32.7 Å². The van der Waals surface area contributed by atoms with Gasteiger partial charge in [-0.05, 0) is 149 Å². The van der Waals surface area contributed by atoms with Gasteiger partial charge in [-0.2, -0.15) is 0 Å². The van der Waals surface area contributed by atoms with Crippen LogP contribution in [0.15, 0.2) is 4.99 Å². The van der Waals surface area contributed by atoms with E-state index < -0.39 is 23.4 Å². The van der Waals surface area contributed by atoms with E-state index in [-0.39, 0.29) is 11.4 Å². The molecule has 1 N–H and O–H groups in total. The van der Waals surface area contributed by atoms with Crippen molar-refractivity contribution in [3.8, 4) is 0 Å². The smallest absolute Gasteiger partial charge is 0.417 e. The zero-order chi connectivity index (χ0) is 30.4. The summed E-state index contributed by atoms with van der Waals surface area (Å²) in [4.78, 5) is 35.8. The van der Waals surface area contributed by atoms with Crippen LogP contribution in [0.25, 0.3) is 0 Å². The van der Waals surface area contributed by atoms with Crippen LogP contribution in [0.4, 0.5) is 9.59 Å². The molecule has 4 bridgehead atoms. The average molecular weight is 589 g/mol. The number of hydrogen-bond acceptors (Lipinski definition) is 6. The minimum Gasteiger partial charge on any atom is -0.444 e. The summed E-state index contributed by atoms with van der Waals surface area (Å²) in [5.41, 5.74) is -1.13. The molecule has 1 aliphatic heterocycles. The molecule has 8 nitrogen and oxygen atoms in total. The zero-order valence-corrected chi connectivity index (χ0v) is 27.6. The summed E-state index contributed by atoms with van der Waals surface area (Å²) in [5, 5.41) is 2.88. The molecule has 0 aromatic rings. The van der Waals surface area contributed by atoms with Crippen LogP contribution < -0.4 is 5.32 Å². The van der Waals surface area contributed by atoms with Crippen LogP contribution in [0.2, 0.25) is 0 Å². The largest absolute Gasteiger partial charge is 0.444 e. The molecule has 1 heterocycles. The number of hydrogen-bond donors (Lipinski definition) is 1. The number of rotatable bonds is 8. The summed E-state index contributed by atoms with van der Waals surface area (Å²) in [6.07, 6.45) is 16.3. The normalized spacial score (nSPS) is 28.6. The van der Waals surface area contributed by atoms with Crippen LogP contribution in [-0.4, -0.2) is 71.9 Å². The third-order valence-corrected chi connectivity index (χ3v) is 9.52. The van der Waals surface area contributed by atoms with Crippen LogP contribution in [-0.2, 0) is 9.47 Å². The van der Waals surface area contributed by atoms with Crippen molar-refractivity contribution in [1.82, 2.24) is 15.1 Å². The quantitative estimate of drug-likeness (QED) is 0.178. The number of alkyl carbamates (subject to hydrolysis) is 1. The van der Waals surface area contributed by atoms with Gasteiger partial charge < -0.3 is 14.4 Å². The van der Waals surface area contributed by atoms with E-state index >= 15 is 0 Å². The summed E-state index contributed by atoms with van der Waals surface area (Å²) >= 11 is 0.